The normalized spacial score (nSPS) is 38.6. The summed E-state index contributed by atoms with van der Waals surface area (Å²) in [6.07, 6.45) is 17.1. The van der Waals surface area contributed by atoms with Crippen molar-refractivity contribution in [2.45, 2.75) is 113 Å². The highest BCUT2D eigenvalue weighted by Gasteiger charge is 2.74. The molecule has 1 aromatic heterocycles. The summed E-state index contributed by atoms with van der Waals surface area (Å²) in [5.41, 5.74) is -1.00. The number of carbonyl (C=O) groups is 1. The van der Waals surface area contributed by atoms with Crippen LogP contribution in [0, 0.1) is 39.4 Å². The van der Waals surface area contributed by atoms with Gasteiger partial charge in [0, 0.05) is 40.8 Å². The summed E-state index contributed by atoms with van der Waals surface area (Å²) < 4.78 is 31.0. The van der Waals surface area contributed by atoms with E-state index in [4.69, 9.17) is 0 Å². The molecule has 7 aliphatic carbocycles. The highest BCUT2D eigenvalue weighted by molar-refractivity contribution is 7.91. The summed E-state index contributed by atoms with van der Waals surface area (Å²) in [4.78, 5) is 14.9. The largest absolute Gasteiger partial charge is 0.393 e. The van der Waals surface area contributed by atoms with Crippen LogP contribution in [0.25, 0.3) is 10.8 Å². The molecule has 276 valence electrons. The second-order valence-corrected chi connectivity index (χ2v) is 21.0. The molecule has 6 nitrogen and oxygen atoms in total. The number of fused-ring (bicyclic) bond motifs is 2. The molecule has 10 rings (SSSR count). The maximum atomic E-state index is 14.9. The van der Waals surface area contributed by atoms with Gasteiger partial charge in [-0.2, -0.15) is 4.31 Å². The summed E-state index contributed by atoms with van der Waals surface area (Å²) in [7, 11) is -3.93. The first-order valence-corrected chi connectivity index (χ1v) is 22.1. The lowest BCUT2D eigenvalue weighted by Crippen LogP contribution is -2.67. The number of hydrogen-bond donors (Lipinski definition) is 2. The van der Waals surface area contributed by atoms with E-state index in [1.54, 1.807) is 21.8 Å². The van der Waals surface area contributed by atoms with Crippen molar-refractivity contribution in [3.8, 4) is 0 Å². The van der Waals surface area contributed by atoms with Crippen molar-refractivity contribution in [3.63, 3.8) is 0 Å². The SMILES string of the molecule is C[C@]12CC[C@H]3[C@]4(C=C[C@@]5(C=C4C(=O)C4CCCCC4)CC(O)CC[C@]35C)[C@@H]1CC[C@@]2(O)CN(Cc1cccc2ccccc12)S(=O)(=O)c1cccs1. The average Bonchev–Trinajstić information content (AvgIpc) is 3.79. The molecule has 2 bridgehead atoms. The predicted octanol–water partition coefficient (Wildman–Crippen LogP) is 8.83. The lowest BCUT2D eigenvalue weighted by atomic mass is 9.32. The number of ketones is 1. The molecule has 3 aromatic rings. The molecule has 0 amide bonds. The molecule has 8 atom stereocenters. The second kappa shape index (κ2) is 12.2. The van der Waals surface area contributed by atoms with E-state index in [1.165, 1.54) is 17.8 Å². The molecule has 1 heterocycles. The number of allylic oxidation sites excluding steroid dienone is 4. The fourth-order valence-electron chi connectivity index (χ4n) is 12.9. The van der Waals surface area contributed by atoms with E-state index in [2.05, 4.69) is 44.2 Å². The third-order valence-corrected chi connectivity index (χ3v) is 18.9. The highest BCUT2D eigenvalue weighted by atomic mass is 32.2. The molecule has 4 fully saturated rings. The van der Waals surface area contributed by atoms with Crippen molar-refractivity contribution in [1.29, 1.82) is 0 Å². The van der Waals surface area contributed by atoms with Crippen molar-refractivity contribution >= 4 is 37.9 Å². The quantitative estimate of drug-likeness (QED) is 0.225. The van der Waals surface area contributed by atoms with Crippen LogP contribution in [0.5, 0.6) is 0 Å². The summed E-state index contributed by atoms with van der Waals surface area (Å²) in [6.45, 7) is 4.79. The van der Waals surface area contributed by atoms with E-state index in [0.29, 0.717) is 18.6 Å². The van der Waals surface area contributed by atoms with Crippen molar-refractivity contribution in [2.24, 2.45) is 39.4 Å². The number of Topliss-reactive ketones (excluding diaryl/α,β-unsaturated/α-hetero) is 1. The summed E-state index contributed by atoms with van der Waals surface area (Å²) in [6, 6.07) is 17.6. The fourth-order valence-corrected chi connectivity index (χ4v) is 15.5. The maximum absolute atomic E-state index is 14.9. The number of thiophene rings is 1. The third-order valence-electron chi connectivity index (χ3n) is 15.7. The van der Waals surface area contributed by atoms with Crippen molar-refractivity contribution < 1.29 is 23.4 Å². The van der Waals surface area contributed by atoms with Gasteiger partial charge in [0.1, 0.15) is 4.21 Å². The molecule has 2 N–H and O–H groups in total. The van der Waals surface area contributed by atoms with Gasteiger partial charge in [-0.15, -0.1) is 11.3 Å². The van der Waals surface area contributed by atoms with Crippen molar-refractivity contribution in [2.75, 3.05) is 6.54 Å². The molecule has 0 aliphatic heterocycles. The number of benzene rings is 2. The van der Waals surface area contributed by atoms with Crippen LogP contribution < -0.4 is 0 Å². The first kappa shape index (κ1) is 35.1. The lowest BCUT2D eigenvalue weighted by molar-refractivity contribution is -0.177. The van der Waals surface area contributed by atoms with E-state index in [1.807, 2.05) is 30.3 Å². The molecule has 8 heteroatoms. The Balaban J connectivity index is 1.14. The fraction of sp³-hybridized carbons (Fsp3) is 0.568. The number of nitrogens with zero attached hydrogens (tertiary/aromatic N) is 1. The van der Waals surface area contributed by atoms with Crippen LogP contribution in [0.1, 0.15) is 96.5 Å². The Bertz CT molecular complexity index is 2060. The van der Waals surface area contributed by atoms with Crippen LogP contribution in [-0.2, 0) is 21.4 Å². The Morgan fingerprint density at radius 2 is 1.60 bits per heavy atom. The Kier molecular flexibility index (Phi) is 8.23. The van der Waals surface area contributed by atoms with Crippen LogP contribution >= 0.6 is 11.3 Å². The van der Waals surface area contributed by atoms with Crippen LogP contribution in [0.15, 0.2) is 88.0 Å². The lowest BCUT2D eigenvalue weighted by Gasteiger charge is -2.71. The van der Waals surface area contributed by atoms with Gasteiger partial charge in [-0.1, -0.05) is 99.9 Å². The molecule has 0 radical (unpaired) electrons. The Morgan fingerprint density at radius 3 is 2.38 bits per heavy atom. The van der Waals surface area contributed by atoms with E-state index in [-0.39, 0.29) is 52.0 Å². The van der Waals surface area contributed by atoms with E-state index >= 15 is 0 Å². The number of aliphatic hydroxyl groups excluding tert-OH is 1. The minimum atomic E-state index is -3.93. The molecular weight excluding hydrogens is 687 g/mol. The van der Waals surface area contributed by atoms with E-state index in [9.17, 15) is 23.4 Å². The van der Waals surface area contributed by atoms with E-state index in [0.717, 1.165) is 79.7 Å². The Morgan fingerprint density at radius 1 is 0.865 bits per heavy atom. The standard InChI is InChI=1S/C44H53NO5S2/c1-40-20-17-33(46)26-42(40)23-24-44(35(27-42)39(47)31-11-4-3-5-12-31)36(40)18-21-41(2)37(44)19-22-43(41,48)29-45(52(49,50)38-16-9-25-51-38)28-32-14-8-13-30-10-6-7-15-34(30)32/h6-10,13-16,23-25,27,31,33,36-37,46,48H,3-5,11-12,17-22,26,28-29H2,1-2H3/t33?,36-,37-,40-,41+,42+,43-,44-/m1/s1. The van der Waals surface area contributed by atoms with Gasteiger partial charge < -0.3 is 10.2 Å². The topological polar surface area (TPSA) is 94.9 Å². The summed E-state index contributed by atoms with van der Waals surface area (Å²) in [5, 5.41) is 28.1. The number of carbonyl (C=O) groups excluding carboxylic acids is 1. The summed E-state index contributed by atoms with van der Waals surface area (Å²) >= 11 is 1.22. The number of sulfonamides is 1. The van der Waals surface area contributed by atoms with Crippen molar-refractivity contribution in [1.82, 2.24) is 4.31 Å². The zero-order valence-electron chi connectivity index (χ0n) is 30.6. The van der Waals surface area contributed by atoms with Crippen LogP contribution in [0.2, 0.25) is 0 Å². The first-order chi connectivity index (χ1) is 24.9. The highest BCUT2D eigenvalue weighted by Crippen LogP contribution is 2.78. The van der Waals surface area contributed by atoms with Gasteiger partial charge in [0.05, 0.1) is 11.7 Å². The molecule has 2 aromatic carbocycles. The van der Waals surface area contributed by atoms with Gasteiger partial charge in [-0.3, -0.25) is 4.79 Å². The minimum Gasteiger partial charge on any atom is -0.393 e. The first-order valence-electron chi connectivity index (χ1n) is 19.8. The van der Waals surface area contributed by atoms with Gasteiger partial charge in [-0.05, 0) is 103 Å². The van der Waals surface area contributed by atoms with Gasteiger partial charge in [0.2, 0.25) is 0 Å². The summed E-state index contributed by atoms with van der Waals surface area (Å²) in [5.74, 6) is 0.546. The van der Waals surface area contributed by atoms with E-state index < -0.39 is 26.5 Å². The third kappa shape index (κ3) is 4.82. The molecular formula is C44H53NO5S2. The number of aliphatic hydroxyl groups is 2. The van der Waals surface area contributed by atoms with Gasteiger partial charge in [0.25, 0.3) is 10.0 Å². The van der Waals surface area contributed by atoms with Crippen molar-refractivity contribution in [3.05, 3.63) is 89.3 Å². The van der Waals surface area contributed by atoms with Gasteiger partial charge >= 0.3 is 0 Å². The van der Waals surface area contributed by atoms with Gasteiger partial charge in [-0.25, -0.2) is 8.42 Å². The molecule has 0 saturated heterocycles. The monoisotopic (exact) mass is 739 g/mol. The molecule has 4 saturated carbocycles. The maximum Gasteiger partial charge on any atom is 0.252 e. The van der Waals surface area contributed by atoms with Crippen LogP contribution in [0.3, 0.4) is 0 Å². The zero-order valence-corrected chi connectivity index (χ0v) is 32.2. The van der Waals surface area contributed by atoms with Gasteiger partial charge in [0.15, 0.2) is 5.78 Å². The minimum absolute atomic E-state index is 0.00304. The number of rotatable bonds is 8. The Hall–Kier alpha value is -2.62. The Labute approximate surface area is 313 Å². The smallest absolute Gasteiger partial charge is 0.252 e. The average molecular weight is 740 g/mol. The zero-order chi connectivity index (χ0) is 36.1. The van der Waals surface area contributed by atoms with Crippen LogP contribution in [0.4, 0.5) is 0 Å². The van der Waals surface area contributed by atoms with Crippen LogP contribution in [-0.4, -0.2) is 47.0 Å². The molecule has 7 aliphatic rings. The molecule has 2 spiro atoms. The molecule has 1 unspecified atom stereocenters. The second-order valence-electron chi connectivity index (χ2n) is 17.9. The molecule has 52 heavy (non-hydrogen) atoms. The number of hydrogen-bond acceptors (Lipinski definition) is 6. The predicted molar refractivity (Wildman–Crippen MR) is 206 cm³/mol.